The smallest absolute Gasteiger partial charge is 0.308 e. The first-order valence-electron chi connectivity index (χ1n) is 6.59. The second-order valence-electron chi connectivity index (χ2n) is 4.88. The zero-order chi connectivity index (χ0) is 13.1. The summed E-state index contributed by atoms with van der Waals surface area (Å²) in [6.07, 6.45) is 4.88. The van der Waals surface area contributed by atoms with Gasteiger partial charge in [0.05, 0.1) is 6.42 Å². The molecule has 0 spiro atoms. The van der Waals surface area contributed by atoms with Gasteiger partial charge in [0.25, 0.3) is 5.56 Å². The number of fused-ring (bicyclic) bond motifs is 1. The molecule has 1 aromatic rings. The van der Waals surface area contributed by atoms with E-state index < -0.39 is 5.97 Å². The molecule has 18 heavy (non-hydrogen) atoms. The van der Waals surface area contributed by atoms with Crippen molar-refractivity contribution in [3.05, 3.63) is 33.2 Å². The van der Waals surface area contributed by atoms with Gasteiger partial charge in [0, 0.05) is 17.8 Å². The number of aromatic nitrogens is 1. The molecule has 0 saturated heterocycles. The second kappa shape index (κ2) is 5.38. The predicted molar refractivity (Wildman–Crippen MR) is 69.0 cm³/mol. The number of hydrogen-bond donors (Lipinski definition) is 1. The number of aryl methyl sites for hydroxylation is 1. The van der Waals surface area contributed by atoms with Gasteiger partial charge in [-0.1, -0.05) is 6.92 Å². The lowest BCUT2D eigenvalue weighted by molar-refractivity contribution is -0.136. The molecule has 0 aromatic carbocycles. The van der Waals surface area contributed by atoms with Crippen molar-refractivity contribution in [3.8, 4) is 0 Å². The van der Waals surface area contributed by atoms with Crippen molar-refractivity contribution >= 4 is 5.97 Å². The van der Waals surface area contributed by atoms with Crippen LogP contribution in [0.3, 0.4) is 0 Å². The van der Waals surface area contributed by atoms with Crippen LogP contribution in [0.5, 0.6) is 0 Å². The van der Waals surface area contributed by atoms with Crippen molar-refractivity contribution in [3.63, 3.8) is 0 Å². The highest BCUT2D eigenvalue weighted by Crippen LogP contribution is 2.21. The number of carbonyl (C=O) groups is 1. The number of carboxylic acids is 1. The molecule has 1 aliphatic rings. The molecular formula is C14H19NO3. The van der Waals surface area contributed by atoms with Crippen molar-refractivity contribution in [2.75, 3.05) is 0 Å². The van der Waals surface area contributed by atoms with Crippen LogP contribution in [0.25, 0.3) is 0 Å². The molecule has 0 bridgehead atoms. The Hall–Kier alpha value is -1.58. The molecule has 1 heterocycles. The molecule has 1 N–H and O–H groups in total. The number of carboxylic acid groups (broad SMARTS) is 1. The maximum absolute atomic E-state index is 12.3. The van der Waals surface area contributed by atoms with Gasteiger partial charge in [-0.2, -0.15) is 0 Å². The molecule has 4 heteroatoms. The average molecular weight is 249 g/mol. The minimum Gasteiger partial charge on any atom is -0.481 e. The van der Waals surface area contributed by atoms with Gasteiger partial charge in [0.1, 0.15) is 0 Å². The lowest BCUT2D eigenvalue weighted by Gasteiger charge is -2.22. The number of aliphatic carboxylic acids is 1. The Bertz CT molecular complexity index is 517. The lowest BCUT2D eigenvalue weighted by Crippen LogP contribution is -2.30. The molecule has 0 saturated carbocycles. The normalized spacial score (nSPS) is 14.3. The van der Waals surface area contributed by atoms with Crippen molar-refractivity contribution in [2.45, 2.75) is 52.0 Å². The van der Waals surface area contributed by atoms with Crippen LogP contribution >= 0.6 is 0 Å². The van der Waals surface area contributed by atoms with E-state index in [1.165, 1.54) is 5.56 Å². The highest BCUT2D eigenvalue weighted by Gasteiger charge is 2.18. The molecule has 0 fully saturated rings. The largest absolute Gasteiger partial charge is 0.481 e. The molecule has 4 nitrogen and oxygen atoms in total. The van der Waals surface area contributed by atoms with Crippen LogP contribution in [0.4, 0.5) is 0 Å². The Morgan fingerprint density at radius 2 is 2.11 bits per heavy atom. The molecule has 0 aliphatic heterocycles. The molecule has 98 valence electrons. The molecule has 0 atom stereocenters. The standard InChI is InChI=1S/C14H19NO3/c1-2-7-15-12-6-4-3-5-10(12)8-11(14(15)18)9-13(16)17/h8H,2-7,9H2,1H3,(H,16,17). The zero-order valence-corrected chi connectivity index (χ0v) is 10.7. The molecule has 1 aliphatic carbocycles. The van der Waals surface area contributed by atoms with Gasteiger partial charge in [-0.15, -0.1) is 0 Å². The maximum Gasteiger partial charge on any atom is 0.308 e. The van der Waals surface area contributed by atoms with Crippen LogP contribution in [-0.4, -0.2) is 15.6 Å². The van der Waals surface area contributed by atoms with Crippen LogP contribution < -0.4 is 5.56 Å². The highest BCUT2D eigenvalue weighted by atomic mass is 16.4. The minimum atomic E-state index is -0.939. The Kier molecular flexibility index (Phi) is 3.84. The Labute approximate surface area is 106 Å². The van der Waals surface area contributed by atoms with Gasteiger partial charge in [-0.25, -0.2) is 0 Å². The van der Waals surface area contributed by atoms with Crippen molar-refractivity contribution in [1.29, 1.82) is 0 Å². The number of hydrogen-bond acceptors (Lipinski definition) is 2. The van der Waals surface area contributed by atoms with Crippen LogP contribution in [0.15, 0.2) is 10.9 Å². The summed E-state index contributed by atoms with van der Waals surface area (Å²) in [6.45, 7) is 2.72. The van der Waals surface area contributed by atoms with E-state index in [1.54, 1.807) is 4.57 Å². The first kappa shape index (κ1) is 12.9. The van der Waals surface area contributed by atoms with Gasteiger partial charge in [-0.3, -0.25) is 9.59 Å². The molecule has 1 aromatic heterocycles. The third-order valence-corrected chi connectivity index (χ3v) is 3.46. The van der Waals surface area contributed by atoms with Crippen LogP contribution in [-0.2, 0) is 30.6 Å². The summed E-state index contributed by atoms with van der Waals surface area (Å²) in [5.41, 5.74) is 2.62. The minimum absolute atomic E-state index is 0.111. The summed E-state index contributed by atoms with van der Waals surface area (Å²) >= 11 is 0. The van der Waals surface area contributed by atoms with Gasteiger partial charge in [0.2, 0.25) is 0 Å². The van der Waals surface area contributed by atoms with Gasteiger partial charge in [0.15, 0.2) is 0 Å². The topological polar surface area (TPSA) is 59.3 Å². The SMILES string of the molecule is CCCn1c2c(cc(CC(=O)O)c1=O)CCCC2. The molecule has 2 rings (SSSR count). The predicted octanol–water partition coefficient (Wildman–Crippen LogP) is 1.76. The van der Waals surface area contributed by atoms with E-state index in [1.807, 2.05) is 13.0 Å². The molecule has 0 unspecified atom stereocenters. The summed E-state index contributed by atoms with van der Waals surface area (Å²) < 4.78 is 1.80. The summed E-state index contributed by atoms with van der Waals surface area (Å²) in [5, 5.41) is 8.87. The van der Waals surface area contributed by atoms with E-state index in [4.69, 9.17) is 5.11 Å². The van der Waals surface area contributed by atoms with Crippen molar-refractivity contribution < 1.29 is 9.90 Å². The Balaban J connectivity index is 2.53. The van der Waals surface area contributed by atoms with Gasteiger partial charge >= 0.3 is 5.97 Å². The summed E-state index contributed by atoms with van der Waals surface area (Å²) in [5.74, 6) is -0.939. The molecule has 0 radical (unpaired) electrons. The molecule has 0 amide bonds. The Morgan fingerprint density at radius 3 is 2.78 bits per heavy atom. The van der Waals surface area contributed by atoms with E-state index in [2.05, 4.69) is 0 Å². The van der Waals surface area contributed by atoms with Crippen molar-refractivity contribution in [2.24, 2.45) is 0 Å². The second-order valence-corrected chi connectivity index (χ2v) is 4.88. The van der Waals surface area contributed by atoms with Crippen LogP contribution in [0, 0.1) is 0 Å². The van der Waals surface area contributed by atoms with E-state index >= 15 is 0 Å². The fourth-order valence-electron chi connectivity index (χ4n) is 2.69. The van der Waals surface area contributed by atoms with E-state index in [0.29, 0.717) is 12.1 Å². The molecular weight excluding hydrogens is 230 g/mol. The maximum atomic E-state index is 12.3. The quantitative estimate of drug-likeness (QED) is 0.884. The van der Waals surface area contributed by atoms with Gasteiger partial charge < -0.3 is 9.67 Å². The summed E-state index contributed by atoms with van der Waals surface area (Å²) in [4.78, 5) is 23.1. The fraction of sp³-hybridized carbons (Fsp3) is 0.571. The van der Waals surface area contributed by atoms with Crippen molar-refractivity contribution in [1.82, 2.24) is 4.57 Å². The Morgan fingerprint density at radius 1 is 1.39 bits per heavy atom. The fourth-order valence-corrected chi connectivity index (χ4v) is 2.69. The third-order valence-electron chi connectivity index (χ3n) is 3.46. The van der Waals surface area contributed by atoms with E-state index in [9.17, 15) is 9.59 Å². The van der Waals surface area contributed by atoms with E-state index in [-0.39, 0.29) is 12.0 Å². The monoisotopic (exact) mass is 249 g/mol. The first-order chi connectivity index (χ1) is 8.63. The lowest BCUT2D eigenvalue weighted by atomic mass is 9.93. The number of pyridine rings is 1. The summed E-state index contributed by atoms with van der Waals surface area (Å²) in [7, 11) is 0. The van der Waals surface area contributed by atoms with Gasteiger partial charge in [-0.05, 0) is 43.7 Å². The van der Waals surface area contributed by atoms with Crippen LogP contribution in [0.1, 0.15) is 43.0 Å². The highest BCUT2D eigenvalue weighted by molar-refractivity contribution is 5.70. The van der Waals surface area contributed by atoms with E-state index in [0.717, 1.165) is 37.8 Å². The number of nitrogens with zero attached hydrogens (tertiary/aromatic N) is 1. The number of rotatable bonds is 4. The zero-order valence-electron chi connectivity index (χ0n) is 10.7. The average Bonchev–Trinajstić information content (AvgIpc) is 2.34. The third kappa shape index (κ3) is 2.47. The summed E-state index contributed by atoms with van der Waals surface area (Å²) in [6, 6.07) is 1.82. The van der Waals surface area contributed by atoms with Crippen LogP contribution in [0.2, 0.25) is 0 Å². The first-order valence-corrected chi connectivity index (χ1v) is 6.59.